The van der Waals surface area contributed by atoms with Crippen LogP contribution in [0.1, 0.15) is 6.92 Å². The van der Waals surface area contributed by atoms with Gasteiger partial charge in [0, 0.05) is 6.21 Å². The topological polar surface area (TPSA) is 67.6 Å². The molecule has 104 valence electrons. The number of anilines is 3. The molecule has 0 saturated heterocycles. The van der Waals surface area contributed by atoms with E-state index in [0.717, 1.165) is 28.2 Å². The lowest BCUT2D eigenvalue weighted by atomic mass is 10.0. The molecule has 2 rings (SSSR count). The van der Waals surface area contributed by atoms with E-state index in [2.05, 4.69) is 50.7 Å². The van der Waals surface area contributed by atoms with Crippen LogP contribution in [-0.4, -0.2) is 6.21 Å². The smallest absolute Gasteiger partial charge is 0.0855 e. The van der Waals surface area contributed by atoms with Crippen LogP contribution in [0.4, 0.5) is 22.7 Å². The minimum atomic E-state index is 0.660. The van der Waals surface area contributed by atoms with Crippen LogP contribution in [0.2, 0.25) is 0 Å². The monoisotopic (exact) mass is 492 g/mol. The molecule has 0 aromatic heterocycles. The van der Waals surface area contributed by atoms with E-state index in [1.165, 1.54) is 0 Å². The standard InChI is InChI=1S/C14H14I2N4/c1-2-19-13-5-3-9(7-11(13)17)10-4-6-14(20(15)16)12(18)8-10/h2-8H,17-18H2,1H3. The number of hydrogen-bond donors (Lipinski definition) is 2. The Morgan fingerprint density at radius 3 is 2.10 bits per heavy atom. The van der Waals surface area contributed by atoms with Crippen LogP contribution in [0.15, 0.2) is 41.4 Å². The molecule has 0 unspecified atom stereocenters. The van der Waals surface area contributed by atoms with Gasteiger partial charge in [-0.15, -0.1) is 0 Å². The minimum Gasteiger partial charge on any atom is -0.397 e. The van der Waals surface area contributed by atoms with E-state index < -0.39 is 0 Å². The Bertz CT molecular complexity index is 654. The number of nitrogen functional groups attached to an aromatic ring is 2. The lowest BCUT2D eigenvalue weighted by molar-refractivity contribution is 1.51. The molecule has 0 spiro atoms. The molecule has 0 saturated carbocycles. The van der Waals surface area contributed by atoms with Crippen molar-refractivity contribution in [2.24, 2.45) is 4.99 Å². The number of benzene rings is 2. The van der Waals surface area contributed by atoms with Crippen molar-refractivity contribution in [3.63, 3.8) is 0 Å². The van der Waals surface area contributed by atoms with E-state index in [1.807, 2.05) is 44.6 Å². The van der Waals surface area contributed by atoms with Crippen LogP contribution < -0.4 is 12.8 Å². The first kappa shape index (κ1) is 15.4. The Morgan fingerprint density at radius 2 is 1.60 bits per heavy atom. The summed E-state index contributed by atoms with van der Waals surface area (Å²) >= 11 is 4.37. The Morgan fingerprint density at radius 1 is 1.00 bits per heavy atom. The van der Waals surface area contributed by atoms with Crippen LogP contribution in [-0.2, 0) is 0 Å². The molecule has 0 aliphatic rings. The summed E-state index contributed by atoms with van der Waals surface area (Å²) in [6.07, 6.45) is 1.73. The van der Waals surface area contributed by atoms with E-state index in [-0.39, 0.29) is 0 Å². The van der Waals surface area contributed by atoms with Crippen molar-refractivity contribution in [2.75, 3.05) is 12.8 Å². The van der Waals surface area contributed by atoms with Crippen LogP contribution in [0.3, 0.4) is 0 Å². The Labute approximate surface area is 146 Å². The van der Waals surface area contributed by atoms with Crippen molar-refractivity contribution in [1.29, 1.82) is 0 Å². The van der Waals surface area contributed by atoms with Crippen molar-refractivity contribution in [1.82, 2.24) is 0 Å². The molecule has 6 heteroatoms. The van der Waals surface area contributed by atoms with Crippen LogP contribution >= 0.6 is 45.7 Å². The van der Waals surface area contributed by atoms with Gasteiger partial charge in [-0.05, 0) is 42.3 Å². The third-order valence-corrected chi connectivity index (χ3v) is 3.88. The molecular weight excluding hydrogens is 478 g/mol. The number of nitrogens with zero attached hydrogens (tertiary/aromatic N) is 2. The predicted molar refractivity (Wildman–Crippen MR) is 105 cm³/mol. The van der Waals surface area contributed by atoms with Crippen molar-refractivity contribution < 1.29 is 0 Å². The Balaban J connectivity index is 2.42. The second-order valence-corrected chi connectivity index (χ2v) is 7.94. The zero-order valence-electron chi connectivity index (χ0n) is 10.8. The molecule has 2 aromatic rings. The fourth-order valence-electron chi connectivity index (χ4n) is 1.88. The Kier molecular flexibility index (Phi) is 5.08. The molecule has 0 heterocycles. The van der Waals surface area contributed by atoms with Crippen LogP contribution in [0, 0.1) is 0 Å². The maximum absolute atomic E-state index is 6.07. The highest BCUT2D eigenvalue weighted by Gasteiger charge is 2.07. The van der Waals surface area contributed by atoms with Gasteiger partial charge in [0.2, 0.25) is 0 Å². The molecule has 0 atom stereocenters. The summed E-state index contributed by atoms with van der Waals surface area (Å²) < 4.78 is 1.93. The molecule has 4 N–H and O–H groups in total. The van der Waals surface area contributed by atoms with Gasteiger partial charge in [-0.2, -0.15) is 0 Å². The molecule has 0 fully saturated rings. The van der Waals surface area contributed by atoms with Crippen molar-refractivity contribution in [2.45, 2.75) is 6.92 Å². The van der Waals surface area contributed by atoms with Crippen LogP contribution in [0.25, 0.3) is 11.1 Å². The molecule has 0 amide bonds. The highest BCUT2D eigenvalue weighted by Crippen LogP contribution is 2.35. The van der Waals surface area contributed by atoms with Crippen molar-refractivity contribution in [3.05, 3.63) is 36.4 Å². The largest absolute Gasteiger partial charge is 0.397 e. The number of rotatable bonds is 3. The SMILES string of the molecule is CC=Nc1ccc(-c2ccc(N(I)I)c(N)c2)cc1N. The van der Waals surface area contributed by atoms with Crippen molar-refractivity contribution >= 4 is 74.7 Å². The summed E-state index contributed by atoms with van der Waals surface area (Å²) in [5, 5.41) is 0. The van der Waals surface area contributed by atoms with Crippen molar-refractivity contribution in [3.8, 4) is 11.1 Å². The van der Waals surface area contributed by atoms with E-state index in [1.54, 1.807) is 6.21 Å². The number of aliphatic imine (C=N–C) groups is 1. The van der Waals surface area contributed by atoms with E-state index >= 15 is 0 Å². The zero-order chi connectivity index (χ0) is 14.7. The van der Waals surface area contributed by atoms with Gasteiger partial charge in [0.05, 0.1) is 68.5 Å². The third kappa shape index (κ3) is 3.35. The summed E-state index contributed by atoms with van der Waals surface area (Å²) in [6, 6.07) is 11.8. The molecular formula is C14H14I2N4. The van der Waals surface area contributed by atoms with Gasteiger partial charge < -0.3 is 11.5 Å². The first-order valence-corrected chi connectivity index (χ1v) is 7.85. The molecule has 2 aromatic carbocycles. The van der Waals surface area contributed by atoms with Gasteiger partial charge in [0.15, 0.2) is 0 Å². The summed E-state index contributed by atoms with van der Waals surface area (Å²) in [7, 11) is 0. The fourth-order valence-corrected chi connectivity index (χ4v) is 2.76. The van der Waals surface area contributed by atoms with E-state index in [0.29, 0.717) is 5.69 Å². The summed E-state index contributed by atoms with van der Waals surface area (Å²) in [5.74, 6) is 0. The molecule has 0 bridgehead atoms. The number of nitrogens with two attached hydrogens (primary N) is 2. The second kappa shape index (κ2) is 6.61. The molecule has 4 nitrogen and oxygen atoms in total. The summed E-state index contributed by atoms with van der Waals surface area (Å²) in [5.41, 5.74) is 17.3. The van der Waals surface area contributed by atoms with Crippen LogP contribution in [0.5, 0.6) is 0 Å². The minimum absolute atomic E-state index is 0.660. The van der Waals surface area contributed by atoms with E-state index in [4.69, 9.17) is 11.5 Å². The maximum Gasteiger partial charge on any atom is 0.0855 e. The quantitative estimate of drug-likeness (QED) is 0.282. The number of hydrogen-bond acceptors (Lipinski definition) is 4. The first-order valence-electron chi connectivity index (χ1n) is 5.92. The molecule has 0 aliphatic carbocycles. The van der Waals surface area contributed by atoms with Gasteiger partial charge in [-0.1, -0.05) is 12.1 Å². The fraction of sp³-hybridized carbons (Fsp3) is 0.0714. The third-order valence-electron chi connectivity index (χ3n) is 2.84. The summed E-state index contributed by atoms with van der Waals surface area (Å²) in [4.78, 5) is 4.21. The second-order valence-electron chi connectivity index (χ2n) is 4.17. The predicted octanol–water partition coefficient (Wildman–Crippen LogP) is 4.75. The highest BCUT2D eigenvalue weighted by molar-refractivity contribution is 14.2. The highest BCUT2D eigenvalue weighted by atomic mass is 127. The van der Waals surface area contributed by atoms with E-state index in [9.17, 15) is 0 Å². The zero-order valence-corrected chi connectivity index (χ0v) is 15.2. The lowest BCUT2D eigenvalue weighted by Gasteiger charge is -2.12. The molecule has 0 aliphatic heterocycles. The average Bonchev–Trinajstić information content (AvgIpc) is 2.40. The lowest BCUT2D eigenvalue weighted by Crippen LogP contribution is -1.97. The Hall–Kier alpha value is -1.03. The van der Waals surface area contributed by atoms with Gasteiger partial charge in [0.25, 0.3) is 0 Å². The number of halogens is 2. The van der Waals surface area contributed by atoms with Gasteiger partial charge in [0.1, 0.15) is 0 Å². The van der Waals surface area contributed by atoms with Gasteiger partial charge in [-0.3, -0.25) is 6.32 Å². The van der Waals surface area contributed by atoms with Gasteiger partial charge >= 0.3 is 0 Å². The average molecular weight is 492 g/mol. The normalized spacial score (nSPS) is 10.9. The van der Waals surface area contributed by atoms with Gasteiger partial charge in [-0.25, -0.2) is 0 Å². The first-order chi connectivity index (χ1) is 9.52. The summed E-state index contributed by atoms with van der Waals surface area (Å²) in [6.45, 7) is 1.87. The molecule has 0 radical (unpaired) electrons. The molecule has 20 heavy (non-hydrogen) atoms. The maximum atomic E-state index is 6.07.